The highest BCUT2D eigenvalue weighted by Gasteiger charge is 2.19. The van der Waals surface area contributed by atoms with Crippen molar-refractivity contribution in [2.75, 3.05) is 50.4 Å². The van der Waals surface area contributed by atoms with Crippen molar-refractivity contribution in [3.63, 3.8) is 0 Å². The molecule has 0 aromatic carbocycles. The Hall–Kier alpha value is -0.660. The quantitative estimate of drug-likeness (QED) is 0.272. The Morgan fingerprint density at radius 3 is 2.68 bits per heavy atom. The summed E-state index contributed by atoms with van der Waals surface area (Å²) < 4.78 is 24.2. The molecular formula is C11H21IN6O2S2. The molecular weight excluding hydrogens is 439 g/mol. The van der Waals surface area contributed by atoms with E-state index in [9.17, 15) is 8.42 Å². The minimum absolute atomic E-state index is 0. The third-order valence-electron chi connectivity index (χ3n) is 3.04. The molecule has 1 aliphatic rings. The van der Waals surface area contributed by atoms with E-state index in [0.717, 1.165) is 37.6 Å². The lowest BCUT2D eigenvalue weighted by molar-refractivity contribution is 0.380. The first-order chi connectivity index (χ1) is 9.96. The Balaban J connectivity index is 0.00000242. The maximum atomic E-state index is 10.9. The van der Waals surface area contributed by atoms with Crippen molar-refractivity contribution in [1.29, 1.82) is 0 Å². The summed E-state index contributed by atoms with van der Waals surface area (Å²) in [6.07, 6.45) is 2.93. The molecule has 0 atom stereocenters. The molecule has 0 unspecified atom stereocenters. The van der Waals surface area contributed by atoms with E-state index in [1.807, 2.05) is 10.3 Å². The number of hydrogen-bond donors (Lipinski definition) is 2. The number of thiazole rings is 1. The third kappa shape index (κ3) is 6.22. The van der Waals surface area contributed by atoms with Gasteiger partial charge in [0.15, 0.2) is 11.1 Å². The first-order valence-electron chi connectivity index (χ1n) is 6.59. The van der Waals surface area contributed by atoms with E-state index >= 15 is 0 Å². The van der Waals surface area contributed by atoms with Crippen LogP contribution in [-0.2, 0) is 10.0 Å². The highest BCUT2D eigenvalue weighted by molar-refractivity contribution is 14.0. The van der Waals surface area contributed by atoms with Gasteiger partial charge in [0.05, 0.1) is 12.8 Å². The zero-order valence-electron chi connectivity index (χ0n) is 12.3. The zero-order valence-corrected chi connectivity index (χ0v) is 16.3. The minimum Gasteiger partial charge on any atom is -0.370 e. The summed E-state index contributed by atoms with van der Waals surface area (Å²) in [5.41, 5.74) is 5.93. The summed E-state index contributed by atoms with van der Waals surface area (Å²) in [5.74, 6) is 0.462. The Morgan fingerprint density at radius 1 is 1.45 bits per heavy atom. The van der Waals surface area contributed by atoms with E-state index in [-0.39, 0.29) is 30.5 Å². The molecule has 0 radical (unpaired) electrons. The highest BCUT2D eigenvalue weighted by Crippen LogP contribution is 2.18. The molecule has 11 heteroatoms. The van der Waals surface area contributed by atoms with Crippen molar-refractivity contribution in [2.45, 2.75) is 0 Å². The standard InChI is InChI=1S/C11H20N6O2S2.HI/c1-21(18,19)15-3-2-13-10(12)16-5-7-17(8-6-16)11-14-4-9-20-11;/h4,9,15H,2-3,5-8H2,1H3,(H2,12,13);1H. The largest absolute Gasteiger partial charge is 0.370 e. The number of piperazine rings is 1. The van der Waals surface area contributed by atoms with Gasteiger partial charge in [-0.25, -0.2) is 18.1 Å². The molecule has 0 bridgehead atoms. The lowest BCUT2D eigenvalue weighted by Crippen LogP contribution is -2.51. The third-order valence-corrected chi connectivity index (χ3v) is 4.60. The molecule has 8 nitrogen and oxygen atoms in total. The van der Waals surface area contributed by atoms with E-state index in [2.05, 4.69) is 19.6 Å². The number of nitrogens with one attached hydrogen (secondary N) is 1. The normalized spacial score (nSPS) is 16.5. The van der Waals surface area contributed by atoms with Gasteiger partial charge in [0.2, 0.25) is 10.0 Å². The molecule has 1 saturated heterocycles. The summed E-state index contributed by atoms with van der Waals surface area (Å²) in [4.78, 5) is 12.7. The van der Waals surface area contributed by atoms with Crippen LogP contribution in [0.1, 0.15) is 0 Å². The fraction of sp³-hybridized carbons (Fsp3) is 0.636. The fourth-order valence-electron chi connectivity index (χ4n) is 2.00. The van der Waals surface area contributed by atoms with Crippen molar-refractivity contribution in [3.8, 4) is 0 Å². The highest BCUT2D eigenvalue weighted by atomic mass is 127. The Bertz CT molecular complexity index is 569. The monoisotopic (exact) mass is 460 g/mol. The molecule has 0 spiro atoms. The molecule has 1 aromatic heterocycles. The average Bonchev–Trinajstić information content (AvgIpc) is 2.96. The van der Waals surface area contributed by atoms with Crippen LogP contribution >= 0.6 is 35.3 Å². The van der Waals surface area contributed by atoms with Crippen LogP contribution in [0.3, 0.4) is 0 Å². The van der Waals surface area contributed by atoms with Gasteiger partial charge in [-0.15, -0.1) is 35.3 Å². The lowest BCUT2D eigenvalue weighted by atomic mass is 10.3. The summed E-state index contributed by atoms with van der Waals surface area (Å²) in [6.45, 7) is 3.88. The van der Waals surface area contributed by atoms with Crippen molar-refractivity contribution < 1.29 is 8.42 Å². The maximum Gasteiger partial charge on any atom is 0.208 e. The minimum atomic E-state index is -3.17. The number of guanidine groups is 1. The van der Waals surface area contributed by atoms with Crippen molar-refractivity contribution in [1.82, 2.24) is 14.6 Å². The molecule has 0 saturated carbocycles. The summed E-state index contributed by atoms with van der Waals surface area (Å²) in [5, 5.41) is 2.99. The first-order valence-corrected chi connectivity index (χ1v) is 9.37. The fourth-order valence-corrected chi connectivity index (χ4v) is 3.16. The molecule has 1 aliphatic heterocycles. The Morgan fingerprint density at radius 2 is 2.14 bits per heavy atom. The average molecular weight is 460 g/mol. The van der Waals surface area contributed by atoms with Crippen LogP contribution in [0.15, 0.2) is 16.6 Å². The van der Waals surface area contributed by atoms with Gasteiger partial charge in [-0.2, -0.15) is 0 Å². The Kier molecular flexibility index (Phi) is 7.79. The number of aliphatic imine (C=N–C) groups is 1. The van der Waals surface area contributed by atoms with E-state index in [4.69, 9.17) is 5.73 Å². The van der Waals surface area contributed by atoms with E-state index in [1.54, 1.807) is 17.5 Å². The smallest absolute Gasteiger partial charge is 0.208 e. The molecule has 2 rings (SSSR count). The number of sulfonamides is 1. The number of hydrogen-bond acceptors (Lipinski definition) is 6. The summed E-state index contributed by atoms with van der Waals surface area (Å²) in [6, 6.07) is 0. The van der Waals surface area contributed by atoms with Crippen LogP contribution < -0.4 is 15.4 Å². The molecule has 126 valence electrons. The SMILES string of the molecule is CS(=O)(=O)NCCN=C(N)N1CCN(c2nccs2)CC1.I. The van der Waals surface area contributed by atoms with Crippen molar-refractivity contribution >= 4 is 56.4 Å². The molecule has 0 aliphatic carbocycles. The number of aromatic nitrogens is 1. The van der Waals surface area contributed by atoms with Gasteiger partial charge < -0.3 is 15.5 Å². The van der Waals surface area contributed by atoms with Gasteiger partial charge in [-0.05, 0) is 0 Å². The molecule has 2 heterocycles. The predicted octanol–water partition coefficient (Wildman–Crippen LogP) is -0.253. The second kappa shape index (κ2) is 8.84. The van der Waals surface area contributed by atoms with Gasteiger partial charge in [0.25, 0.3) is 0 Å². The van der Waals surface area contributed by atoms with Crippen LogP contribution in [0, 0.1) is 0 Å². The summed E-state index contributed by atoms with van der Waals surface area (Å²) >= 11 is 1.63. The van der Waals surface area contributed by atoms with Gasteiger partial charge >= 0.3 is 0 Å². The van der Waals surface area contributed by atoms with Gasteiger partial charge in [-0.1, -0.05) is 0 Å². The lowest BCUT2D eigenvalue weighted by Gasteiger charge is -2.35. The zero-order chi connectivity index (χ0) is 15.3. The molecule has 22 heavy (non-hydrogen) atoms. The van der Waals surface area contributed by atoms with Crippen molar-refractivity contribution in [2.24, 2.45) is 10.7 Å². The van der Waals surface area contributed by atoms with Gasteiger partial charge in [0, 0.05) is 44.3 Å². The predicted molar refractivity (Wildman–Crippen MR) is 101 cm³/mol. The number of rotatable bonds is 5. The number of nitrogens with two attached hydrogens (primary N) is 1. The molecule has 0 amide bonds. The molecule has 1 aromatic rings. The number of anilines is 1. The number of halogens is 1. The van der Waals surface area contributed by atoms with Crippen LogP contribution in [0.25, 0.3) is 0 Å². The Labute approximate surface area is 151 Å². The summed E-state index contributed by atoms with van der Waals surface area (Å²) in [7, 11) is -3.17. The second-order valence-electron chi connectivity index (χ2n) is 4.70. The van der Waals surface area contributed by atoms with Crippen LogP contribution in [0.5, 0.6) is 0 Å². The molecule has 1 fully saturated rings. The second-order valence-corrected chi connectivity index (χ2v) is 7.40. The van der Waals surface area contributed by atoms with E-state index < -0.39 is 10.0 Å². The van der Waals surface area contributed by atoms with E-state index in [1.165, 1.54) is 0 Å². The van der Waals surface area contributed by atoms with Crippen molar-refractivity contribution in [3.05, 3.63) is 11.6 Å². The van der Waals surface area contributed by atoms with Gasteiger partial charge in [0.1, 0.15) is 0 Å². The van der Waals surface area contributed by atoms with E-state index in [0.29, 0.717) is 12.5 Å². The van der Waals surface area contributed by atoms with Crippen LogP contribution in [0.2, 0.25) is 0 Å². The maximum absolute atomic E-state index is 10.9. The first kappa shape index (κ1) is 19.4. The van der Waals surface area contributed by atoms with Gasteiger partial charge in [-0.3, -0.25) is 4.99 Å². The van der Waals surface area contributed by atoms with Crippen LogP contribution in [0.4, 0.5) is 5.13 Å². The number of nitrogens with zero attached hydrogens (tertiary/aromatic N) is 4. The topological polar surface area (TPSA) is 104 Å². The molecule has 3 N–H and O–H groups in total. The van der Waals surface area contributed by atoms with Crippen LogP contribution in [-0.4, -0.2) is 69.8 Å².